The molecule has 2 rings (SSSR count). The summed E-state index contributed by atoms with van der Waals surface area (Å²) in [6.45, 7) is 0. The smallest absolute Gasteiger partial charge is 0.321 e. The van der Waals surface area contributed by atoms with Gasteiger partial charge in [0.1, 0.15) is 5.75 Å². The van der Waals surface area contributed by atoms with Crippen LogP contribution in [0.15, 0.2) is 24.3 Å². The fourth-order valence-corrected chi connectivity index (χ4v) is 2.62. The average Bonchev–Trinajstić information content (AvgIpc) is 2.95. The number of carboxylic acid groups (broad SMARTS) is 1. The average molecular weight is 292 g/mol. The second kappa shape index (κ2) is 6.47. The monoisotopic (exact) mass is 292 g/mol. The molecule has 1 aliphatic rings. The van der Waals surface area contributed by atoms with E-state index in [0.717, 1.165) is 0 Å². The molecule has 1 saturated carbocycles. The van der Waals surface area contributed by atoms with Crippen LogP contribution in [0.3, 0.4) is 0 Å². The standard InChI is InChI=1S/C15H20N2O4/c1-17(12-5-3-4-6-13(12)21-2)15(20)16-11-8-7-10(9-11)14(18)19/h3-6,10-11H,7-9H2,1-2H3,(H,16,20)(H,18,19). The number of methoxy groups -OCH3 is 1. The minimum atomic E-state index is -0.787. The molecule has 1 aromatic carbocycles. The van der Waals surface area contributed by atoms with Crippen molar-refractivity contribution < 1.29 is 19.4 Å². The summed E-state index contributed by atoms with van der Waals surface area (Å²) in [5.41, 5.74) is 0.672. The van der Waals surface area contributed by atoms with Crippen LogP contribution in [-0.2, 0) is 4.79 Å². The maximum absolute atomic E-state index is 12.3. The molecule has 0 aromatic heterocycles. The van der Waals surface area contributed by atoms with Crippen molar-refractivity contribution in [1.29, 1.82) is 0 Å². The molecule has 6 heteroatoms. The molecule has 114 valence electrons. The number of carbonyl (C=O) groups is 2. The Morgan fingerprint density at radius 2 is 2.05 bits per heavy atom. The Morgan fingerprint density at radius 1 is 1.33 bits per heavy atom. The molecule has 1 fully saturated rings. The molecule has 0 heterocycles. The summed E-state index contributed by atoms with van der Waals surface area (Å²) in [4.78, 5) is 24.7. The van der Waals surface area contributed by atoms with E-state index in [2.05, 4.69) is 5.32 Å². The molecule has 21 heavy (non-hydrogen) atoms. The first-order valence-corrected chi connectivity index (χ1v) is 6.93. The van der Waals surface area contributed by atoms with E-state index in [-0.39, 0.29) is 18.0 Å². The van der Waals surface area contributed by atoms with Crippen molar-refractivity contribution >= 4 is 17.7 Å². The maximum Gasteiger partial charge on any atom is 0.321 e. The van der Waals surface area contributed by atoms with Crippen molar-refractivity contribution in [2.75, 3.05) is 19.1 Å². The molecule has 2 unspecified atom stereocenters. The lowest BCUT2D eigenvalue weighted by molar-refractivity contribution is -0.141. The molecular weight excluding hydrogens is 272 g/mol. The summed E-state index contributed by atoms with van der Waals surface area (Å²) < 4.78 is 5.24. The number of rotatable bonds is 4. The molecule has 2 N–H and O–H groups in total. The molecule has 0 aliphatic heterocycles. The fourth-order valence-electron chi connectivity index (χ4n) is 2.62. The minimum Gasteiger partial charge on any atom is -0.495 e. The number of urea groups is 1. The van der Waals surface area contributed by atoms with Crippen molar-refractivity contribution in [3.05, 3.63) is 24.3 Å². The van der Waals surface area contributed by atoms with Crippen molar-refractivity contribution in [3.8, 4) is 5.75 Å². The number of aliphatic carboxylic acids is 1. The van der Waals surface area contributed by atoms with E-state index in [0.29, 0.717) is 30.7 Å². The van der Waals surface area contributed by atoms with Crippen LogP contribution in [0.5, 0.6) is 5.75 Å². The summed E-state index contributed by atoms with van der Waals surface area (Å²) in [7, 11) is 3.22. The van der Waals surface area contributed by atoms with E-state index in [1.54, 1.807) is 26.3 Å². The Morgan fingerprint density at radius 3 is 2.67 bits per heavy atom. The number of anilines is 1. The Balaban J connectivity index is 1.99. The molecule has 2 atom stereocenters. The summed E-state index contributed by atoms with van der Waals surface area (Å²) in [6, 6.07) is 6.91. The van der Waals surface area contributed by atoms with E-state index in [4.69, 9.17) is 9.84 Å². The van der Waals surface area contributed by atoms with Crippen LogP contribution in [0.4, 0.5) is 10.5 Å². The van der Waals surface area contributed by atoms with Gasteiger partial charge >= 0.3 is 12.0 Å². The Hall–Kier alpha value is -2.24. The van der Waals surface area contributed by atoms with Crippen molar-refractivity contribution in [2.45, 2.75) is 25.3 Å². The first-order valence-electron chi connectivity index (χ1n) is 6.93. The van der Waals surface area contributed by atoms with Gasteiger partial charge in [-0.05, 0) is 31.4 Å². The van der Waals surface area contributed by atoms with E-state index in [1.807, 2.05) is 12.1 Å². The third-order valence-electron chi connectivity index (χ3n) is 3.86. The quantitative estimate of drug-likeness (QED) is 0.890. The Labute approximate surface area is 123 Å². The second-order valence-electron chi connectivity index (χ2n) is 5.23. The van der Waals surface area contributed by atoms with Gasteiger partial charge in [-0.3, -0.25) is 9.69 Å². The van der Waals surface area contributed by atoms with Gasteiger partial charge in [0.25, 0.3) is 0 Å². The Bertz CT molecular complexity index is 532. The van der Waals surface area contributed by atoms with Crippen LogP contribution in [-0.4, -0.2) is 37.3 Å². The number of benzene rings is 1. The highest BCUT2D eigenvalue weighted by Crippen LogP contribution is 2.28. The zero-order chi connectivity index (χ0) is 15.4. The van der Waals surface area contributed by atoms with Crippen molar-refractivity contribution in [3.63, 3.8) is 0 Å². The van der Waals surface area contributed by atoms with Crippen molar-refractivity contribution in [1.82, 2.24) is 5.32 Å². The van der Waals surface area contributed by atoms with Crippen LogP contribution < -0.4 is 15.0 Å². The lowest BCUT2D eigenvalue weighted by Gasteiger charge is -2.22. The number of hydrogen-bond acceptors (Lipinski definition) is 3. The van der Waals surface area contributed by atoms with Gasteiger partial charge in [0, 0.05) is 13.1 Å². The molecule has 2 amide bonds. The topological polar surface area (TPSA) is 78.9 Å². The summed E-state index contributed by atoms with van der Waals surface area (Å²) in [5.74, 6) is -0.526. The number of amides is 2. The second-order valence-corrected chi connectivity index (χ2v) is 5.23. The van der Waals surface area contributed by atoms with E-state index in [1.165, 1.54) is 4.90 Å². The summed E-state index contributed by atoms with van der Waals surface area (Å²) in [5, 5.41) is 11.9. The number of nitrogens with one attached hydrogen (secondary N) is 1. The van der Waals surface area contributed by atoms with E-state index < -0.39 is 5.97 Å². The van der Waals surface area contributed by atoms with Gasteiger partial charge < -0.3 is 15.2 Å². The number of carbonyl (C=O) groups excluding carboxylic acids is 1. The van der Waals surface area contributed by atoms with Gasteiger partial charge in [0.15, 0.2) is 0 Å². The third kappa shape index (κ3) is 3.45. The zero-order valence-corrected chi connectivity index (χ0v) is 12.2. The molecule has 6 nitrogen and oxygen atoms in total. The van der Waals surface area contributed by atoms with Gasteiger partial charge in [0.05, 0.1) is 18.7 Å². The molecule has 1 aliphatic carbocycles. The van der Waals surface area contributed by atoms with Gasteiger partial charge in [-0.25, -0.2) is 4.79 Å². The number of ether oxygens (including phenoxy) is 1. The number of nitrogens with zero attached hydrogens (tertiary/aromatic N) is 1. The predicted molar refractivity (Wildman–Crippen MR) is 78.7 cm³/mol. The van der Waals surface area contributed by atoms with Crippen molar-refractivity contribution in [2.24, 2.45) is 5.92 Å². The van der Waals surface area contributed by atoms with Gasteiger partial charge in [-0.1, -0.05) is 12.1 Å². The van der Waals surface area contributed by atoms with Crippen LogP contribution >= 0.6 is 0 Å². The summed E-state index contributed by atoms with van der Waals surface area (Å²) >= 11 is 0. The lowest BCUT2D eigenvalue weighted by atomic mass is 10.1. The predicted octanol–water partition coefficient (Wildman–Crippen LogP) is 2.09. The van der Waals surface area contributed by atoms with Crippen LogP contribution in [0.2, 0.25) is 0 Å². The third-order valence-corrected chi connectivity index (χ3v) is 3.86. The largest absolute Gasteiger partial charge is 0.495 e. The molecule has 1 aromatic rings. The number of hydrogen-bond donors (Lipinski definition) is 2. The van der Waals surface area contributed by atoms with Gasteiger partial charge in [-0.15, -0.1) is 0 Å². The van der Waals surface area contributed by atoms with Gasteiger partial charge in [-0.2, -0.15) is 0 Å². The molecule has 0 radical (unpaired) electrons. The number of carboxylic acids is 1. The molecular formula is C15H20N2O4. The zero-order valence-electron chi connectivity index (χ0n) is 12.2. The van der Waals surface area contributed by atoms with Gasteiger partial charge in [0.2, 0.25) is 0 Å². The first kappa shape index (κ1) is 15.2. The fraction of sp³-hybridized carbons (Fsp3) is 0.467. The van der Waals surface area contributed by atoms with Crippen LogP contribution in [0.25, 0.3) is 0 Å². The maximum atomic E-state index is 12.3. The van der Waals surface area contributed by atoms with Crippen LogP contribution in [0, 0.1) is 5.92 Å². The number of para-hydroxylation sites is 2. The molecule has 0 bridgehead atoms. The normalized spacial score (nSPS) is 20.9. The van der Waals surface area contributed by atoms with E-state index >= 15 is 0 Å². The highest BCUT2D eigenvalue weighted by molar-refractivity contribution is 5.93. The SMILES string of the molecule is COc1ccccc1N(C)C(=O)NC1CCC(C(=O)O)C1. The molecule has 0 spiro atoms. The first-order chi connectivity index (χ1) is 10.0. The molecule has 0 saturated heterocycles. The lowest BCUT2D eigenvalue weighted by Crippen LogP contribution is -2.42. The summed E-state index contributed by atoms with van der Waals surface area (Å²) in [6.07, 6.45) is 1.79. The Kier molecular flexibility index (Phi) is 4.67. The van der Waals surface area contributed by atoms with Crippen LogP contribution in [0.1, 0.15) is 19.3 Å². The van der Waals surface area contributed by atoms with E-state index in [9.17, 15) is 9.59 Å². The highest BCUT2D eigenvalue weighted by atomic mass is 16.5. The highest BCUT2D eigenvalue weighted by Gasteiger charge is 2.31. The minimum absolute atomic E-state index is 0.0873.